The molecule has 3 aromatic rings. The number of aryl methyl sites for hydroxylation is 2. The van der Waals surface area contributed by atoms with Crippen molar-refractivity contribution in [2.45, 2.75) is 39.5 Å². The van der Waals surface area contributed by atoms with Crippen molar-refractivity contribution in [2.75, 3.05) is 13.2 Å². The maximum absolute atomic E-state index is 12.5. The molecule has 0 aliphatic carbocycles. The zero-order valence-electron chi connectivity index (χ0n) is 21.7. The van der Waals surface area contributed by atoms with E-state index >= 15 is 0 Å². The zero-order chi connectivity index (χ0) is 27.3. The van der Waals surface area contributed by atoms with Gasteiger partial charge in [0.05, 0.1) is 24.3 Å². The number of unbranched alkanes of at least 4 members (excludes halogenated alkanes) is 3. The van der Waals surface area contributed by atoms with E-state index in [2.05, 4.69) is 6.58 Å². The first-order valence-corrected chi connectivity index (χ1v) is 12.5. The molecular formula is C31H32O7. The quantitative estimate of drug-likeness (QED) is 0.112. The summed E-state index contributed by atoms with van der Waals surface area (Å²) in [6.07, 6.45) is 4.72. The topological polar surface area (TPSA) is 88.1 Å². The van der Waals surface area contributed by atoms with E-state index in [4.69, 9.17) is 18.9 Å². The molecule has 0 saturated heterocycles. The number of esters is 3. The normalized spacial score (nSPS) is 10.4. The summed E-state index contributed by atoms with van der Waals surface area (Å²) < 4.78 is 21.6. The van der Waals surface area contributed by atoms with Gasteiger partial charge in [0.25, 0.3) is 0 Å². The lowest BCUT2D eigenvalue weighted by atomic mass is 10.1. The largest absolute Gasteiger partial charge is 0.494 e. The fraction of sp³-hybridized carbons (Fsp3) is 0.258. The second-order valence-corrected chi connectivity index (χ2v) is 8.73. The third kappa shape index (κ3) is 8.92. The second kappa shape index (κ2) is 14.4. The van der Waals surface area contributed by atoms with E-state index in [0.29, 0.717) is 41.6 Å². The average Bonchev–Trinajstić information content (AvgIpc) is 2.92. The van der Waals surface area contributed by atoms with Gasteiger partial charge in [-0.05, 0) is 99.7 Å². The van der Waals surface area contributed by atoms with Crippen molar-refractivity contribution < 1.29 is 33.3 Å². The molecule has 0 unspecified atom stereocenters. The molecule has 0 atom stereocenters. The van der Waals surface area contributed by atoms with E-state index in [1.54, 1.807) is 54.6 Å². The molecule has 0 saturated carbocycles. The fourth-order valence-corrected chi connectivity index (χ4v) is 3.56. The summed E-state index contributed by atoms with van der Waals surface area (Å²) in [6.45, 7) is 8.16. The van der Waals surface area contributed by atoms with Crippen LogP contribution < -0.4 is 14.2 Å². The lowest BCUT2D eigenvalue weighted by Gasteiger charge is -2.09. The number of hydrogen-bond donors (Lipinski definition) is 0. The molecule has 0 aromatic heterocycles. The van der Waals surface area contributed by atoms with Crippen molar-refractivity contribution in [3.05, 3.63) is 102 Å². The van der Waals surface area contributed by atoms with Gasteiger partial charge in [0.15, 0.2) is 0 Å². The maximum Gasteiger partial charge on any atom is 0.343 e. The summed E-state index contributed by atoms with van der Waals surface area (Å²) in [5.41, 5.74) is 2.69. The lowest BCUT2D eigenvalue weighted by molar-refractivity contribution is -0.137. The van der Waals surface area contributed by atoms with Gasteiger partial charge < -0.3 is 18.9 Å². The predicted molar refractivity (Wildman–Crippen MR) is 144 cm³/mol. The number of rotatable bonds is 13. The van der Waals surface area contributed by atoms with Crippen molar-refractivity contribution in [1.82, 2.24) is 0 Å². The van der Waals surface area contributed by atoms with Crippen molar-refractivity contribution >= 4 is 17.9 Å². The van der Waals surface area contributed by atoms with Gasteiger partial charge in [-0.1, -0.05) is 24.3 Å². The molecule has 7 heteroatoms. The van der Waals surface area contributed by atoms with Crippen LogP contribution in [0.1, 0.15) is 57.5 Å². The van der Waals surface area contributed by atoms with Crippen molar-refractivity contribution in [3.63, 3.8) is 0 Å². The number of hydrogen-bond acceptors (Lipinski definition) is 7. The van der Waals surface area contributed by atoms with E-state index in [1.807, 2.05) is 26.0 Å². The van der Waals surface area contributed by atoms with Crippen molar-refractivity contribution in [3.8, 4) is 17.2 Å². The van der Waals surface area contributed by atoms with Gasteiger partial charge in [-0.2, -0.15) is 0 Å². The first-order valence-electron chi connectivity index (χ1n) is 12.5. The molecule has 0 spiro atoms. The first-order chi connectivity index (χ1) is 18.4. The van der Waals surface area contributed by atoms with Gasteiger partial charge in [-0.25, -0.2) is 14.4 Å². The van der Waals surface area contributed by atoms with Crippen LogP contribution >= 0.6 is 0 Å². The van der Waals surface area contributed by atoms with Gasteiger partial charge in [0.2, 0.25) is 0 Å². The van der Waals surface area contributed by atoms with Gasteiger partial charge >= 0.3 is 17.9 Å². The second-order valence-electron chi connectivity index (χ2n) is 8.73. The summed E-state index contributed by atoms with van der Waals surface area (Å²) in [6, 6.07) is 18.5. The summed E-state index contributed by atoms with van der Waals surface area (Å²) in [5, 5.41) is 0. The van der Waals surface area contributed by atoms with E-state index in [1.165, 1.54) is 0 Å². The van der Waals surface area contributed by atoms with Gasteiger partial charge in [-0.15, -0.1) is 0 Å². The first kappa shape index (κ1) is 28.2. The number of ether oxygens (including phenoxy) is 4. The van der Waals surface area contributed by atoms with E-state index < -0.39 is 17.9 Å². The molecule has 3 aromatic carbocycles. The van der Waals surface area contributed by atoms with Crippen LogP contribution in [0.5, 0.6) is 17.2 Å². The van der Waals surface area contributed by atoms with Gasteiger partial charge in [0.1, 0.15) is 17.2 Å². The molecular weight excluding hydrogens is 484 g/mol. The van der Waals surface area contributed by atoms with Crippen LogP contribution in [0.2, 0.25) is 0 Å². The van der Waals surface area contributed by atoms with Crippen LogP contribution in [0.25, 0.3) is 0 Å². The number of carbonyl (C=O) groups is 3. The Morgan fingerprint density at radius 2 is 1.29 bits per heavy atom. The molecule has 3 rings (SSSR count). The minimum absolute atomic E-state index is 0.317. The van der Waals surface area contributed by atoms with E-state index in [0.717, 1.165) is 42.9 Å². The predicted octanol–water partition coefficient (Wildman–Crippen LogP) is 6.41. The van der Waals surface area contributed by atoms with Crippen LogP contribution in [-0.4, -0.2) is 31.1 Å². The number of benzene rings is 3. The molecule has 0 aliphatic rings. The third-order valence-corrected chi connectivity index (χ3v) is 5.64. The molecule has 0 N–H and O–H groups in total. The SMILES string of the molecule is C=CC(=O)OCCCCCCOc1ccc(C(=O)Oc2ccc(C(=O)Oc3ccc(C)cc3C)cc2)cc1. The molecule has 0 aliphatic heterocycles. The molecule has 0 amide bonds. The highest BCUT2D eigenvalue weighted by molar-refractivity contribution is 5.92. The molecule has 0 heterocycles. The Morgan fingerprint density at radius 1 is 0.711 bits per heavy atom. The van der Waals surface area contributed by atoms with Crippen molar-refractivity contribution in [1.29, 1.82) is 0 Å². The Hall–Kier alpha value is -4.39. The highest BCUT2D eigenvalue weighted by Crippen LogP contribution is 2.21. The third-order valence-electron chi connectivity index (χ3n) is 5.64. The number of carbonyl (C=O) groups excluding carboxylic acids is 3. The monoisotopic (exact) mass is 516 g/mol. The Balaban J connectivity index is 1.40. The summed E-state index contributed by atoms with van der Waals surface area (Å²) in [4.78, 5) is 35.9. The molecule has 0 fully saturated rings. The lowest BCUT2D eigenvalue weighted by Crippen LogP contribution is -2.10. The Labute approximate surface area is 223 Å². The van der Waals surface area contributed by atoms with Gasteiger partial charge in [0, 0.05) is 6.08 Å². The Bertz CT molecular complexity index is 1240. The van der Waals surface area contributed by atoms with Crippen molar-refractivity contribution in [2.24, 2.45) is 0 Å². The summed E-state index contributed by atoms with van der Waals surface area (Å²) in [7, 11) is 0. The molecule has 7 nitrogen and oxygen atoms in total. The average molecular weight is 517 g/mol. The Kier molecular flexibility index (Phi) is 10.7. The molecule has 38 heavy (non-hydrogen) atoms. The highest BCUT2D eigenvalue weighted by Gasteiger charge is 2.13. The smallest absolute Gasteiger partial charge is 0.343 e. The molecule has 0 radical (unpaired) electrons. The van der Waals surface area contributed by atoms with Crippen LogP contribution in [0.15, 0.2) is 79.4 Å². The fourth-order valence-electron chi connectivity index (χ4n) is 3.56. The standard InChI is InChI=1S/C31H32O7/c1-4-29(32)36-20-8-6-5-7-19-35-26-14-10-24(11-15-26)30(33)37-27-16-12-25(13-17-27)31(34)38-28-18-9-22(2)21-23(28)3/h4,9-18,21H,1,5-8,19-20H2,2-3H3. The van der Waals surface area contributed by atoms with Gasteiger partial charge in [-0.3, -0.25) is 0 Å². The highest BCUT2D eigenvalue weighted by atomic mass is 16.5. The molecule has 0 bridgehead atoms. The van der Waals surface area contributed by atoms with Crippen LogP contribution in [0.3, 0.4) is 0 Å². The zero-order valence-corrected chi connectivity index (χ0v) is 21.7. The summed E-state index contributed by atoms with van der Waals surface area (Å²) >= 11 is 0. The van der Waals surface area contributed by atoms with E-state index in [-0.39, 0.29) is 0 Å². The Morgan fingerprint density at radius 3 is 1.89 bits per heavy atom. The minimum Gasteiger partial charge on any atom is -0.494 e. The summed E-state index contributed by atoms with van der Waals surface area (Å²) in [5.74, 6) is 0.0848. The van der Waals surface area contributed by atoms with Crippen LogP contribution in [0, 0.1) is 13.8 Å². The van der Waals surface area contributed by atoms with E-state index in [9.17, 15) is 14.4 Å². The minimum atomic E-state index is -0.515. The van der Waals surface area contributed by atoms with Crippen LogP contribution in [-0.2, 0) is 9.53 Å². The maximum atomic E-state index is 12.5. The van der Waals surface area contributed by atoms with Crippen LogP contribution in [0.4, 0.5) is 0 Å². The molecule has 198 valence electrons.